The Bertz CT molecular complexity index is 917. The van der Waals surface area contributed by atoms with Crippen LogP contribution in [-0.2, 0) is 24.9 Å². The predicted octanol–water partition coefficient (Wildman–Crippen LogP) is 4.43. The fraction of sp³-hybridized carbons (Fsp3) is 0.542. The zero-order chi connectivity index (χ0) is 22.2. The van der Waals surface area contributed by atoms with Crippen LogP contribution in [0.1, 0.15) is 61.5 Å². The molecular weight excluding hydrogens is 515 g/mol. The Morgan fingerprint density at radius 1 is 1.19 bits per heavy atom. The molecule has 32 heavy (non-hydrogen) atoms. The maximum absolute atomic E-state index is 12.5. The second-order valence-corrected chi connectivity index (χ2v) is 8.35. The van der Waals surface area contributed by atoms with Gasteiger partial charge in [-0.1, -0.05) is 31.4 Å². The summed E-state index contributed by atoms with van der Waals surface area (Å²) in [5.41, 5.74) is 5.29. The molecule has 1 saturated carbocycles. The van der Waals surface area contributed by atoms with E-state index >= 15 is 0 Å². The van der Waals surface area contributed by atoms with Gasteiger partial charge in [-0.3, -0.25) is 9.48 Å². The average Bonchev–Trinajstić information content (AvgIpc) is 3.02. The molecule has 3 N–H and O–H groups in total. The molecule has 0 spiro atoms. The van der Waals surface area contributed by atoms with Gasteiger partial charge in [0.15, 0.2) is 5.96 Å². The monoisotopic (exact) mass is 552 g/mol. The van der Waals surface area contributed by atoms with Crippen molar-refractivity contribution in [2.24, 2.45) is 18.0 Å². The molecule has 1 aromatic heterocycles. The minimum atomic E-state index is 0. The number of hydrogen-bond donors (Lipinski definition) is 3. The van der Waals surface area contributed by atoms with Gasteiger partial charge in [0.05, 0.1) is 12.2 Å². The van der Waals surface area contributed by atoms with Crippen molar-refractivity contribution >= 4 is 41.5 Å². The third-order valence-electron chi connectivity index (χ3n) is 6.03. The third kappa shape index (κ3) is 7.21. The normalized spacial score (nSPS) is 14.6. The summed E-state index contributed by atoms with van der Waals surface area (Å²) >= 11 is 0. The summed E-state index contributed by atoms with van der Waals surface area (Å²) in [6.45, 7) is 8.16. The Morgan fingerprint density at radius 3 is 2.59 bits per heavy atom. The van der Waals surface area contributed by atoms with Crippen LogP contribution in [0.5, 0.6) is 0 Å². The number of benzene rings is 1. The van der Waals surface area contributed by atoms with Crippen LogP contribution >= 0.6 is 24.0 Å². The molecule has 3 rings (SSSR count). The molecule has 1 aliphatic rings. The van der Waals surface area contributed by atoms with Gasteiger partial charge < -0.3 is 16.0 Å². The summed E-state index contributed by atoms with van der Waals surface area (Å²) in [5, 5.41) is 14.3. The van der Waals surface area contributed by atoms with Gasteiger partial charge in [0.25, 0.3) is 0 Å². The van der Waals surface area contributed by atoms with Crippen LogP contribution in [-0.4, -0.2) is 28.2 Å². The Balaban J connectivity index is 0.00000363. The Morgan fingerprint density at radius 2 is 1.94 bits per heavy atom. The summed E-state index contributed by atoms with van der Waals surface area (Å²) in [6, 6.07) is 7.98. The van der Waals surface area contributed by atoms with Crippen LogP contribution in [0.3, 0.4) is 0 Å². The van der Waals surface area contributed by atoms with Crippen molar-refractivity contribution in [1.82, 2.24) is 20.4 Å². The molecule has 1 heterocycles. The Hall–Kier alpha value is -2.10. The van der Waals surface area contributed by atoms with Gasteiger partial charge in [-0.2, -0.15) is 5.10 Å². The smallest absolute Gasteiger partial charge is 0.227 e. The highest BCUT2D eigenvalue weighted by Gasteiger charge is 2.21. The quantitative estimate of drug-likeness (QED) is 0.270. The average molecular weight is 553 g/mol. The van der Waals surface area contributed by atoms with E-state index in [-0.39, 0.29) is 35.8 Å². The lowest BCUT2D eigenvalue weighted by molar-refractivity contribution is -0.120. The zero-order valence-corrected chi connectivity index (χ0v) is 22.0. The van der Waals surface area contributed by atoms with Gasteiger partial charge in [0, 0.05) is 43.0 Å². The molecule has 1 aliphatic carbocycles. The summed E-state index contributed by atoms with van der Waals surface area (Å²) in [5.74, 6) is 1.07. The zero-order valence-electron chi connectivity index (χ0n) is 19.7. The van der Waals surface area contributed by atoms with Gasteiger partial charge >= 0.3 is 0 Å². The second-order valence-electron chi connectivity index (χ2n) is 8.35. The maximum Gasteiger partial charge on any atom is 0.227 e. The number of nitrogens with zero attached hydrogens (tertiary/aromatic N) is 3. The van der Waals surface area contributed by atoms with E-state index in [0.29, 0.717) is 13.1 Å². The van der Waals surface area contributed by atoms with E-state index in [4.69, 9.17) is 4.99 Å². The molecule has 0 bridgehead atoms. The van der Waals surface area contributed by atoms with Crippen molar-refractivity contribution in [2.45, 2.75) is 66.0 Å². The number of aromatic nitrogens is 2. The van der Waals surface area contributed by atoms with Gasteiger partial charge in [0.1, 0.15) is 0 Å². The number of anilines is 1. The third-order valence-corrected chi connectivity index (χ3v) is 6.03. The predicted molar refractivity (Wildman–Crippen MR) is 141 cm³/mol. The number of rotatable bonds is 7. The van der Waals surface area contributed by atoms with E-state index < -0.39 is 0 Å². The molecule has 176 valence electrons. The minimum Gasteiger partial charge on any atom is -0.357 e. The molecule has 1 amide bonds. The van der Waals surface area contributed by atoms with Gasteiger partial charge in [0.2, 0.25) is 5.91 Å². The first-order valence-electron chi connectivity index (χ1n) is 11.4. The number of amides is 1. The number of hydrogen-bond acceptors (Lipinski definition) is 3. The molecule has 1 fully saturated rings. The first-order chi connectivity index (χ1) is 15.0. The number of halogens is 1. The van der Waals surface area contributed by atoms with Crippen LogP contribution in [0.4, 0.5) is 5.69 Å². The topological polar surface area (TPSA) is 83.3 Å². The lowest BCUT2D eigenvalue weighted by atomic mass is 9.88. The highest BCUT2D eigenvalue weighted by Crippen LogP contribution is 2.25. The summed E-state index contributed by atoms with van der Waals surface area (Å²) < 4.78 is 1.91. The van der Waals surface area contributed by atoms with Gasteiger partial charge in [-0.05, 0) is 51.3 Å². The highest BCUT2D eigenvalue weighted by atomic mass is 127. The molecule has 0 unspecified atom stereocenters. The van der Waals surface area contributed by atoms with Crippen LogP contribution in [0, 0.1) is 19.8 Å². The summed E-state index contributed by atoms with van der Waals surface area (Å²) in [7, 11) is 1.96. The van der Waals surface area contributed by atoms with Crippen molar-refractivity contribution in [3.8, 4) is 0 Å². The fourth-order valence-corrected chi connectivity index (χ4v) is 4.11. The Kier molecular flexibility index (Phi) is 10.5. The van der Waals surface area contributed by atoms with Crippen molar-refractivity contribution < 1.29 is 4.79 Å². The van der Waals surface area contributed by atoms with E-state index in [9.17, 15) is 4.79 Å². The Labute approximate surface area is 208 Å². The van der Waals surface area contributed by atoms with E-state index in [0.717, 1.165) is 60.8 Å². The van der Waals surface area contributed by atoms with E-state index in [1.807, 2.05) is 42.9 Å². The van der Waals surface area contributed by atoms with E-state index in [2.05, 4.69) is 34.9 Å². The molecule has 0 radical (unpaired) electrons. The maximum atomic E-state index is 12.5. The highest BCUT2D eigenvalue weighted by molar-refractivity contribution is 14.0. The summed E-state index contributed by atoms with van der Waals surface area (Å²) in [4.78, 5) is 17.3. The lowest BCUT2D eigenvalue weighted by Gasteiger charge is -2.20. The van der Waals surface area contributed by atoms with E-state index in [1.54, 1.807) is 0 Å². The number of carbonyl (C=O) groups is 1. The van der Waals surface area contributed by atoms with Crippen molar-refractivity contribution in [1.29, 1.82) is 0 Å². The van der Waals surface area contributed by atoms with Gasteiger partial charge in [-0.25, -0.2) is 4.99 Å². The van der Waals surface area contributed by atoms with Crippen molar-refractivity contribution in [3.63, 3.8) is 0 Å². The second kappa shape index (κ2) is 12.8. The fourth-order valence-electron chi connectivity index (χ4n) is 4.11. The molecule has 2 aromatic rings. The molecule has 0 aliphatic heterocycles. The number of nitrogens with one attached hydrogen (secondary N) is 3. The van der Waals surface area contributed by atoms with Crippen LogP contribution in [0.2, 0.25) is 0 Å². The van der Waals surface area contributed by atoms with Crippen molar-refractivity contribution in [3.05, 3.63) is 46.8 Å². The van der Waals surface area contributed by atoms with Crippen molar-refractivity contribution in [2.75, 3.05) is 11.9 Å². The molecule has 0 saturated heterocycles. The molecule has 8 heteroatoms. The number of carbonyl (C=O) groups excluding carboxylic acids is 1. The SMILES string of the molecule is CCNC(=NCc1cccc(NC(=O)C2CCCCC2)c1)NCc1c(C)nn(C)c1C.I. The van der Waals surface area contributed by atoms with E-state index in [1.165, 1.54) is 12.0 Å². The number of guanidine groups is 1. The van der Waals surface area contributed by atoms with Crippen LogP contribution in [0.15, 0.2) is 29.3 Å². The summed E-state index contributed by atoms with van der Waals surface area (Å²) in [6.07, 6.45) is 5.57. The lowest BCUT2D eigenvalue weighted by Crippen LogP contribution is -2.37. The molecule has 0 atom stereocenters. The first-order valence-corrected chi connectivity index (χ1v) is 11.4. The molecule has 1 aromatic carbocycles. The van der Waals surface area contributed by atoms with Crippen LogP contribution < -0.4 is 16.0 Å². The minimum absolute atomic E-state index is 0. The number of aryl methyl sites for hydroxylation is 2. The standard InChI is InChI=1S/C24H36N6O.HI/c1-5-25-24(27-16-22-17(2)29-30(4)18(22)3)26-15-19-10-9-13-21(14-19)28-23(31)20-11-7-6-8-12-20;/h9-10,13-14,20H,5-8,11-12,15-16H2,1-4H3,(H,28,31)(H2,25,26,27);1H. The largest absolute Gasteiger partial charge is 0.357 e. The first kappa shape index (κ1) is 26.2. The van der Waals surface area contributed by atoms with Crippen LogP contribution in [0.25, 0.3) is 0 Å². The number of aliphatic imine (C=N–C) groups is 1. The molecule has 7 nitrogen and oxygen atoms in total. The van der Waals surface area contributed by atoms with Gasteiger partial charge in [-0.15, -0.1) is 24.0 Å². The molecular formula is C24H37IN6O.